The van der Waals surface area contributed by atoms with Gasteiger partial charge in [-0.2, -0.15) is 5.10 Å². The van der Waals surface area contributed by atoms with Crippen molar-refractivity contribution in [3.05, 3.63) is 114 Å². The van der Waals surface area contributed by atoms with E-state index in [2.05, 4.69) is 45.6 Å². The maximum absolute atomic E-state index is 12.9. The smallest absolute Gasteiger partial charge is 0.275 e. The Hall–Kier alpha value is -4.38. The number of methoxy groups -OCH3 is 1. The van der Waals surface area contributed by atoms with Crippen LogP contribution in [0.1, 0.15) is 21.5 Å². The van der Waals surface area contributed by atoms with E-state index in [0.717, 1.165) is 33.8 Å². The van der Waals surface area contributed by atoms with Gasteiger partial charge in [-0.1, -0.05) is 72.8 Å². The number of rotatable bonds is 6. The molecule has 5 rings (SSSR count). The molecule has 1 N–H and O–H groups in total. The summed E-state index contributed by atoms with van der Waals surface area (Å²) in [5, 5.41) is 7.31. The molecule has 0 bridgehead atoms. The first-order chi connectivity index (χ1) is 16.2. The second-order valence-electron chi connectivity index (χ2n) is 7.81. The van der Waals surface area contributed by atoms with Gasteiger partial charge in [-0.25, -0.2) is 5.43 Å². The number of fused-ring (bicyclic) bond motifs is 2. The Morgan fingerprint density at radius 2 is 1.64 bits per heavy atom. The third kappa shape index (κ3) is 4.21. The molecule has 5 aromatic rings. The molecule has 5 heteroatoms. The van der Waals surface area contributed by atoms with Crippen molar-refractivity contribution in [3.63, 3.8) is 0 Å². The number of carbonyl (C=O) groups is 1. The molecule has 0 spiro atoms. The van der Waals surface area contributed by atoms with Crippen LogP contribution in [0.3, 0.4) is 0 Å². The fourth-order valence-electron chi connectivity index (χ4n) is 4.08. The number of hydrogen-bond acceptors (Lipinski definition) is 3. The summed E-state index contributed by atoms with van der Waals surface area (Å²) in [5.41, 5.74) is 6.37. The number of carbonyl (C=O) groups excluding carboxylic acids is 1. The topological polar surface area (TPSA) is 55.6 Å². The molecule has 0 aliphatic carbocycles. The second kappa shape index (κ2) is 9.01. The van der Waals surface area contributed by atoms with Crippen molar-refractivity contribution in [2.75, 3.05) is 7.11 Å². The maximum Gasteiger partial charge on any atom is 0.275 e. The molecule has 0 aliphatic rings. The van der Waals surface area contributed by atoms with Gasteiger partial charge in [-0.05, 0) is 34.5 Å². The summed E-state index contributed by atoms with van der Waals surface area (Å²) in [6, 6.07) is 30.1. The first-order valence-corrected chi connectivity index (χ1v) is 10.7. The Balaban J connectivity index is 1.40. The summed E-state index contributed by atoms with van der Waals surface area (Å²) in [7, 11) is 1.56. The Bertz CT molecular complexity index is 1470. The van der Waals surface area contributed by atoms with Crippen LogP contribution in [0.4, 0.5) is 0 Å². The number of para-hydroxylation sites is 1. The summed E-state index contributed by atoms with van der Waals surface area (Å²) in [4.78, 5) is 12.9. The number of benzene rings is 4. The van der Waals surface area contributed by atoms with Crippen LogP contribution in [0, 0.1) is 0 Å². The van der Waals surface area contributed by atoms with Crippen LogP contribution < -0.4 is 10.2 Å². The van der Waals surface area contributed by atoms with Crippen molar-refractivity contribution in [3.8, 4) is 5.75 Å². The van der Waals surface area contributed by atoms with Gasteiger partial charge in [0.2, 0.25) is 0 Å². The fraction of sp³-hybridized carbons (Fsp3) is 0.0714. The van der Waals surface area contributed by atoms with Gasteiger partial charge in [0, 0.05) is 29.2 Å². The lowest BCUT2D eigenvalue weighted by molar-refractivity contribution is 0.0952. The van der Waals surface area contributed by atoms with Gasteiger partial charge in [0.15, 0.2) is 0 Å². The molecule has 1 amide bonds. The standard InChI is InChI=1S/C28H23N3O2/c1-33-27-16-22-12-6-5-11-21(22)15-25(27)28(32)30-29-17-23-19-31(18-20-9-3-2-4-10-20)26-14-8-7-13-24(23)26/h2-17,19H,18H2,1H3,(H,30,32). The van der Waals surface area contributed by atoms with Crippen LogP contribution >= 0.6 is 0 Å². The minimum absolute atomic E-state index is 0.318. The number of ether oxygens (including phenoxy) is 1. The average molecular weight is 434 g/mol. The molecule has 0 fully saturated rings. The Morgan fingerprint density at radius 3 is 2.42 bits per heavy atom. The number of hydrazone groups is 1. The highest BCUT2D eigenvalue weighted by Gasteiger charge is 2.13. The molecule has 0 radical (unpaired) electrons. The average Bonchev–Trinajstić information content (AvgIpc) is 3.21. The van der Waals surface area contributed by atoms with E-state index in [-0.39, 0.29) is 5.91 Å². The number of amides is 1. The third-order valence-corrected chi connectivity index (χ3v) is 5.70. The molecule has 0 atom stereocenters. The van der Waals surface area contributed by atoms with E-state index in [9.17, 15) is 4.79 Å². The van der Waals surface area contributed by atoms with Crippen LogP contribution in [0.15, 0.2) is 102 Å². The highest BCUT2D eigenvalue weighted by molar-refractivity contribution is 6.03. The van der Waals surface area contributed by atoms with Crippen molar-refractivity contribution in [1.29, 1.82) is 0 Å². The number of nitrogens with one attached hydrogen (secondary N) is 1. The van der Waals surface area contributed by atoms with Crippen LogP contribution in [-0.2, 0) is 6.54 Å². The molecule has 162 valence electrons. The molecule has 4 aromatic carbocycles. The van der Waals surface area contributed by atoms with E-state index < -0.39 is 0 Å². The molecule has 1 heterocycles. The highest BCUT2D eigenvalue weighted by Crippen LogP contribution is 2.26. The lowest BCUT2D eigenvalue weighted by Gasteiger charge is -2.09. The summed E-state index contributed by atoms with van der Waals surface area (Å²) in [6.45, 7) is 0.760. The van der Waals surface area contributed by atoms with E-state index in [0.29, 0.717) is 11.3 Å². The van der Waals surface area contributed by atoms with Gasteiger partial charge in [0.05, 0.1) is 18.9 Å². The summed E-state index contributed by atoms with van der Waals surface area (Å²) < 4.78 is 7.64. The molecule has 33 heavy (non-hydrogen) atoms. The third-order valence-electron chi connectivity index (χ3n) is 5.70. The maximum atomic E-state index is 12.9. The van der Waals surface area contributed by atoms with E-state index >= 15 is 0 Å². The van der Waals surface area contributed by atoms with Crippen molar-refractivity contribution >= 4 is 33.8 Å². The van der Waals surface area contributed by atoms with Crippen LogP contribution in [0.25, 0.3) is 21.7 Å². The number of aromatic nitrogens is 1. The Labute approximate surface area is 191 Å². The van der Waals surface area contributed by atoms with Crippen molar-refractivity contribution in [2.24, 2.45) is 5.10 Å². The zero-order chi connectivity index (χ0) is 22.6. The lowest BCUT2D eigenvalue weighted by atomic mass is 10.1. The molecule has 0 unspecified atom stereocenters. The predicted octanol–water partition coefficient (Wildman–Crippen LogP) is 5.62. The monoisotopic (exact) mass is 433 g/mol. The van der Waals surface area contributed by atoms with Gasteiger partial charge in [-0.3, -0.25) is 4.79 Å². The zero-order valence-electron chi connectivity index (χ0n) is 18.2. The second-order valence-corrected chi connectivity index (χ2v) is 7.81. The summed E-state index contributed by atoms with van der Waals surface area (Å²) in [5.74, 6) is 0.197. The van der Waals surface area contributed by atoms with E-state index in [4.69, 9.17) is 4.74 Å². The number of hydrogen-bond donors (Lipinski definition) is 1. The van der Waals surface area contributed by atoms with Gasteiger partial charge >= 0.3 is 0 Å². The van der Waals surface area contributed by atoms with Crippen molar-refractivity contribution in [2.45, 2.75) is 6.54 Å². The van der Waals surface area contributed by atoms with E-state index in [1.165, 1.54) is 5.56 Å². The van der Waals surface area contributed by atoms with Gasteiger partial charge in [0.25, 0.3) is 5.91 Å². The fourth-order valence-corrected chi connectivity index (χ4v) is 4.08. The molecule has 0 aliphatic heterocycles. The SMILES string of the molecule is COc1cc2ccccc2cc1C(=O)NN=Cc1cn(Cc2ccccc2)c2ccccc12. The molecule has 0 saturated carbocycles. The summed E-state index contributed by atoms with van der Waals surface area (Å²) >= 11 is 0. The van der Waals surface area contributed by atoms with Crippen molar-refractivity contribution in [1.82, 2.24) is 9.99 Å². The molecule has 5 nitrogen and oxygen atoms in total. The Morgan fingerprint density at radius 1 is 0.939 bits per heavy atom. The minimum atomic E-state index is -0.318. The Kier molecular flexibility index (Phi) is 5.60. The highest BCUT2D eigenvalue weighted by atomic mass is 16.5. The van der Waals surface area contributed by atoms with Gasteiger partial charge in [-0.15, -0.1) is 0 Å². The quantitative estimate of drug-likeness (QED) is 0.279. The minimum Gasteiger partial charge on any atom is -0.496 e. The number of nitrogens with zero attached hydrogens (tertiary/aromatic N) is 2. The van der Waals surface area contributed by atoms with Crippen LogP contribution in [0.5, 0.6) is 5.75 Å². The predicted molar refractivity (Wildman–Crippen MR) is 133 cm³/mol. The van der Waals surface area contributed by atoms with Crippen LogP contribution in [0.2, 0.25) is 0 Å². The van der Waals surface area contributed by atoms with E-state index in [1.807, 2.05) is 66.7 Å². The van der Waals surface area contributed by atoms with Crippen LogP contribution in [-0.4, -0.2) is 23.8 Å². The summed E-state index contributed by atoms with van der Waals surface area (Å²) in [6.07, 6.45) is 3.75. The molecular weight excluding hydrogens is 410 g/mol. The zero-order valence-corrected chi connectivity index (χ0v) is 18.2. The largest absolute Gasteiger partial charge is 0.496 e. The first kappa shape index (κ1) is 20.5. The van der Waals surface area contributed by atoms with Gasteiger partial charge in [0.1, 0.15) is 5.75 Å². The van der Waals surface area contributed by atoms with Crippen molar-refractivity contribution < 1.29 is 9.53 Å². The molecule has 0 saturated heterocycles. The first-order valence-electron chi connectivity index (χ1n) is 10.7. The molecular formula is C28H23N3O2. The van der Waals surface area contributed by atoms with Gasteiger partial charge < -0.3 is 9.30 Å². The molecule has 1 aromatic heterocycles. The van der Waals surface area contributed by atoms with E-state index in [1.54, 1.807) is 13.3 Å². The lowest BCUT2D eigenvalue weighted by Crippen LogP contribution is -2.18. The normalized spacial score (nSPS) is 11.3.